The zero-order valence-corrected chi connectivity index (χ0v) is 18.5. The van der Waals surface area contributed by atoms with Gasteiger partial charge in [-0.05, 0) is 63.0 Å². The first kappa shape index (κ1) is 20.8. The van der Waals surface area contributed by atoms with Crippen molar-refractivity contribution in [3.05, 3.63) is 29.8 Å². The van der Waals surface area contributed by atoms with Crippen molar-refractivity contribution in [1.82, 2.24) is 14.5 Å². The van der Waals surface area contributed by atoms with Gasteiger partial charge in [0.05, 0.1) is 16.6 Å². The van der Waals surface area contributed by atoms with Gasteiger partial charge in [-0.2, -0.15) is 4.31 Å². The molecule has 4 rings (SSSR count). The molecule has 1 spiro atoms. The standard InChI is InChI=1S/C22H33N3O3S/c1-16(2)14-20-21(26)25(15-18-6-7-18)22(23-20)10-12-24(13-11-22)29(27,28)19-8-4-17(3)5-9-19/h4-5,8-9,16,18,20,23H,6-7,10-15H2,1-3H3/t20-/m0/s1. The molecule has 1 saturated carbocycles. The van der Waals surface area contributed by atoms with Crippen LogP contribution in [0.5, 0.6) is 0 Å². The summed E-state index contributed by atoms with van der Waals surface area (Å²) >= 11 is 0. The molecule has 0 aromatic heterocycles. The summed E-state index contributed by atoms with van der Waals surface area (Å²) in [4.78, 5) is 15.6. The summed E-state index contributed by atoms with van der Waals surface area (Å²) in [7, 11) is -3.50. The third kappa shape index (κ3) is 4.09. The number of nitrogens with one attached hydrogen (secondary N) is 1. The van der Waals surface area contributed by atoms with E-state index < -0.39 is 15.7 Å². The zero-order valence-electron chi connectivity index (χ0n) is 17.7. The first-order chi connectivity index (χ1) is 13.7. The van der Waals surface area contributed by atoms with Crippen LogP contribution >= 0.6 is 0 Å². The predicted molar refractivity (Wildman–Crippen MR) is 113 cm³/mol. The summed E-state index contributed by atoms with van der Waals surface area (Å²) in [6, 6.07) is 6.90. The van der Waals surface area contributed by atoms with Crippen LogP contribution in [0.4, 0.5) is 0 Å². The van der Waals surface area contributed by atoms with Crippen LogP contribution in [-0.4, -0.2) is 54.9 Å². The van der Waals surface area contributed by atoms with E-state index in [1.54, 1.807) is 16.4 Å². The lowest BCUT2D eigenvalue weighted by atomic mass is 9.96. The molecule has 7 heteroatoms. The molecule has 3 fully saturated rings. The number of hydrogen-bond acceptors (Lipinski definition) is 4. The molecule has 1 aromatic carbocycles. The fourth-order valence-corrected chi connectivity index (χ4v) is 6.13. The molecule has 3 aliphatic rings. The minimum absolute atomic E-state index is 0.144. The number of carbonyl (C=O) groups is 1. The van der Waals surface area contributed by atoms with Crippen molar-refractivity contribution in [2.75, 3.05) is 19.6 Å². The van der Waals surface area contributed by atoms with Crippen molar-refractivity contribution in [2.24, 2.45) is 11.8 Å². The number of sulfonamides is 1. The fraction of sp³-hybridized carbons (Fsp3) is 0.682. The maximum Gasteiger partial charge on any atom is 0.243 e. The molecule has 1 atom stereocenters. The number of carbonyl (C=O) groups excluding carboxylic acids is 1. The zero-order chi connectivity index (χ0) is 20.8. The second-order valence-electron chi connectivity index (χ2n) is 9.47. The third-order valence-electron chi connectivity index (χ3n) is 6.58. The lowest BCUT2D eigenvalue weighted by molar-refractivity contribution is -0.133. The van der Waals surface area contributed by atoms with Gasteiger partial charge in [-0.15, -0.1) is 0 Å². The van der Waals surface area contributed by atoms with E-state index in [0.717, 1.165) is 18.5 Å². The van der Waals surface area contributed by atoms with Gasteiger partial charge in [-0.25, -0.2) is 8.42 Å². The van der Waals surface area contributed by atoms with Crippen molar-refractivity contribution in [3.63, 3.8) is 0 Å². The van der Waals surface area contributed by atoms with Gasteiger partial charge in [0.25, 0.3) is 0 Å². The Morgan fingerprint density at radius 3 is 2.31 bits per heavy atom. The molecule has 2 saturated heterocycles. The Morgan fingerprint density at radius 2 is 1.76 bits per heavy atom. The number of aryl methyl sites for hydroxylation is 1. The summed E-state index contributed by atoms with van der Waals surface area (Å²) < 4.78 is 27.7. The van der Waals surface area contributed by atoms with Crippen LogP contribution in [0.25, 0.3) is 0 Å². The summed E-state index contributed by atoms with van der Waals surface area (Å²) in [6.45, 7) is 7.92. The molecular formula is C22H33N3O3S. The van der Waals surface area contributed by atoms with Gasteiger partial charge in [-0.1, -0.05) is 31.5 Å². The molecule has 1 aliphatic carbocycles. The highest BCUT2D eigenvalue weighted by Crippen LogP contribution is 2.39. The summed E-state index contributed by atoms with van der Waals surface area (Å²) in [5.74, 6) is 1.27. The smallest absolute Gasteiger partial charge is 0.243 e. The van der Waals surface area contributed by atoms with Crippen molar-refractivity contribution in [3.8, 4) is 0 Å². The van der Waals surface area contributed by atoms with E-state index in [2.05, 4.69) is 24.1 Å². The van der Waals surface area contributed by atoms with Gasteiger partial charge in [0.15, 0.2) is 0 Å². The maximum absolute atomic E-state index is 13.1. The van der Waals surface area contributed by atoms with Crippen LogP contribution in [0.15, 0.2) is 29.2 Å². The van der Waals surface area contributed by atoms with Gasteiger partial charge < -0.3 is 4.90 Å². The average molecular weight is 420 g/mol. The van der Waals surface area contributed by atoms with Crippen LogP contribution in [0.2, 0.25) is 0 Å². The fourth-order valence-electron chi connectivity index (χ4n) is 4.69. The predicted octanol–water partition coefficient (Wildman–Crippen LogP) is 2.73. The monoisotopic (exact) mass is 419 g/mol. The molecule has 1 amide bonds. The van der Waals surface area contributed by atoms with Crippen LogP contribution in [0.1, 0.15) is 51.5 Å². The Bertz CT molecular complexity index is 854. The van der Waals surface area contributed by atoms with E-state index in [-0.39, 0.29) is 11.9 Å². The molecule has 29 heavy (non-hydrogen) atoms. The molecule has 160 valence electrons. The molecular weight excluding hydrogens is 386 g/mol. The number of hydrogen-bond donors (Lipinski definition) is 1. The highest BCUT2D eigenvalue weighted by Gasteiger charge is 2.53. The lowest BCUT2D eigenvalue weighted by Gasteiger charge is -2.44. The normalized spacial score (nSPS) is 25.3. The molecule has 2 heterocycles. The second kappa shape index (κ2) is 7.67. The van der Waals surface area contributed by atoms with Crippen LogP contribution in [-0.2, 0) is 14.8 Å². The molecule has 0 bridgehead atoms. The first-order valence-corrected chi connectivity index (χ1v) is 12.3. The van der Waals surface area contributed by atoms with Crippen LogP contribution in [0, 0.1) is 18.8 Å². The quantitative estimate of drug-likeness (QED) is 0.770. The highest BCUT2D eigenvalue weighted by molar-refractivity contribution is 7.89. The van der Waals surface area contributed by atoms with E-state index in [0.29, 0.717) is 42.7 Å². The number of nitrogens with zero attached hydrogens (tertiary/aromatic N) is 2. The Labute approximate surface area is 174 Å². The molecule has 1 N–H and O–H groups in total. The Balaban J connectivity index is 1.51. The van der Waals surface area contributed by atoms with E-state index in [9.17, 15) is 13.2 Å². The molecule has 0 radical (unpaired) electrons. The average Bonchev–Trinajstić information content (AvgIpc) is 3.46. The summed E-state index contributed by atoms with van der Waals surface area (Å²) in [6.07, 6.45) is 4.51. The first-order valence-electron chi connectivity index (χ1n) is 10.9. The van der Waals surface area contributed by atoms with Gasteiger partial charge in [0.2, 0.25) is 15.9 Å². The third-order valence-corrected chi connectivity index (χ3v) is 8.49. The molecule has 6 nitrogen and oxygen atoms in total. The molecule has 1 aromatic rings. The van der Waals surface area contributed by atoms with Gasteiger partial charge in [0, 0.05) is 19.6 Å². The minimum atomic E-state index is -3.50. The van der Waals surface area contributed by atoms with Crippen molar-refractivity contribution in [2.45, 2.75) is 69.5 Å². The Morgan fingerprint density at radius 1 is 1.14 bits per heavy atom. The topological polar surface area (TPSA) is 69.7 Å². The minimum Gasteiger partial charge on any atom is -0.323 e. The second-order valence-corrected chi connectivity index (χ2v) is 11.4. The number of piperidine rings is 1. The largest absolute Gasteiger partial charge is 0.323 e. The van der Waals surface area contributed by atoms with E-state index in [1.807, 2.05) is 19.1 Å². The van der Waals surface area contributed by atoms with Crippen molar-refractivity contribution < 1.29 is 13.2 Å². The molecule has 2 aliphatic heterocycles. The SMILES string of the molecule is Cc1ccc(S(=O)(=O)N2CCC3(CC2)N[C@@H](CC(C)C)C(=O)N3CC2CC2)cc1. The molecule has 0 unspecified atom stereocenters. The Hall–Kier alpha value is -1.44. The van der Waals surface area contributed by atoms with Crippen LogP contribution in [0.3, 0.4) is 0 Å². The van der Waals surface area contributed by atoms with Crippen LogP contribution < -0.4 is 5.32 Å². The van der Waals surface area contributed by atoms with Gasteiger partial charge >= 0.3 is 0 Å². The lowest BCUT2D eigenvalue weighted by Crippen LogP contribution is -2.59. The van der Waals surface area contributed by atoms with E-state index in [1.165, 1.54) is 12.8 Å². The highest BCUT2D eigenvalue weighted by atomic mass is 32.2. The van der Waals surface area contributed by atoms with Crippen molar-refractivity contribution >= 4 is 15.9 Å². The maximum atomic E-state index is 13.1. The number of benzene rings is 1. The van der Waals surface area contributed by atoms with E-state index >= 15 is 0 Å². The Kier molecular flexibility index (Phi) is 5.51. The number of rotatable bonds is 6. The van der Waals surface area contributed by atoms with Gasteiger partial charge in [0.1, 0.15) is 0 Å². The van der Waals surface area contributed by atoms with Crippen molar-refractivity contribution in [1.29, 1.82) is 0 Å². The number of amides is 1. The summed E-state index contributed by atoms with van der Waals surface area (Å²) in [5.41, 5.74) is 0.653. The summed E-state index contributed by atoms with van der Waals surface area (Å²) in [5, 5.41) is 3.64. The van der Waals surface area contributed by atoms with E-state index in [4.69, 9.17) is 0 Å². The van der Waals surface area contributed by atoms with Gasteiger partial charge in [-0.3, -0.25) is 10.1 Å².